The summed E-state index contributed by atoms with van der Waals surface area (Å²) in [5, 5.41) is 11.3. The first kappa shape index (κ1) is 14.3. The van der Waals surface area contributed by atoms with Gasteiger partial charge in [-0.3, -0.25) is 5.32 Å². The zero-order valence-corrected chi connectivity index (χ0v) is 11.3. The van der Waals surface area contributed by atoms with Crippen molar-refractivity contribution < 1.29 is 23.1 Å². The van der Waals surface area contributed by atoms with Gasteiger partial charge in [0.2, 0.25) is 0 Å². The Morgan fingerprint density at radius 1 is 1.42 bits per heavy atom. The summed E-state index contributed by atoms with van der Waals surface area (Å²) >= 11 is 3.17. The van der Waals surface area contributed by atoms with E-state index in [9.17, 15) is 18.0 Å². The Labute approximate surface area is 115 Å². The summed E-state index contributed by atoms with van der Waals surface area (Å²) in [6.45, 7) is 0.0417. The van der Waals surface area contributed by atoms with E-state index < -0.39 is 17.7 Å². The lowest BCUT2D eigenvalue weighted by Gasteiger charge is -2.21. The van der Waals surface area contributed by atoms with Gasteiger partial charge in [-0.2, -0.15) is 13.2 Å². The SMILES string of the molecule is O=C(O)c1ccc(CNC2(C(F)(F)F)CC2)c(Br)c1. The van der Waals surface area contributed by atoms with Crippen molar-refractivity contribution >= 4 is 21.9 Å². The van der Waals surface area contributed by atoms with Crippen LogP contribution in [0, 0.1) is 0 Å². The molecule has 1 saturated carbocycles. The van der Waals surface area contributed by atoms with Crippen molar-refractivity contribution in [2.45, 2.75) is 31.1 Å². The van der Waals surface area contributed by atoms with E-state index in [0.29, 0.717) is 10.0 Å². The van der Waals surface area contributed by atoms with Crippen molar-refractivity contribution in [3.8, 4) is 0 Å². The van der Waals surface area contributed by atoms with Gasteiger partial charge in [-0.1, -0.05) is 22.0 Å². The van der Waals surface area contributed by atoms with Gasteiger partial charge in [-0.25, -0.2) is 4.79 Å². The van der Waals surface area contributed by atoms with Gasteiger partial charge in [-0.15, -0.1) is 0 Å². The van der Waals surface area contributed by atoms with E-state index in [-0.39, 0.29) is 24.9 Å². The number of rotatable bonds is 4. The predicted octanol–water partition coefficient (Wildman–Crippen LogP) is 3.33. The van der Waals surface area contributed by atoms with Gasteiger partial charge in [0, 0.05) is 11.0 Å². The molecule has 0 atom stereocenters. The lowest BCUT2D eigenvalue weighted by Crippen LogP contribution is -2.44. The first-order valence-electron chi connectivity index (χ1n) is 5.59. The molecule has 0 spiro atoms. The molecular weight excluding hydrogens is 327 g/mol. The fraction of sp³-hybridized carbons (Fsp3) is 0.417. The number of carboxylic acids is 1. The van der Waals surface area contributed by atoms with E-state index in [0.717, 1.165) is 0 Å². The number of carbonyl (C=O) groups is 1. The number of halogens is 4. The van der Waals surface area contributed by atoms with Crippen LogP contribution in [0.1, 0.15) is 28.8 Å². The lowest BCUT2D eigenvalue weighted by atomic mass is 10.1. The second kappa shape index (κ2) is 4.79. The molecule has 0 saturated heterocycles. The average Bonchev–Trinajstić information content (AvgIpc) is 3.07. The van der Waals surface area contributed by atoms with E-state index in [1.54, 1.807) is 0 Å². The highest BCUT2D eigenvalue weighted by atomic mass is 79.9. The molecule has 1 fully saturated rings. The fourth-order valence-corrected chi connectivity index (χ4v) is 2.29. The zero-order chi connectivity index (χ0) is 14.3. The summed E-state index contributed by atoms with van der Waals surface area (Å²) in [5.74, 6) is -1.07. The summed E-state index contributed by atoms with van der Waals surface area (Å²) in [6, 6.07) is 4.26. The molecule has 0 heterocycles. The average molecular weight is 338 g/mol. The Morgan fingerprint density at radius 2 is 2.05 bits per heavy atom. The summed E-state index contributed by atoms with van der Waals surface area (Å²) in [5.41, 5.74) is -1.08. The first-order chi connectivity index (χ1) is 8.75. The number of benzene rings is 1. The molecule has 1 aliphatic carbocycles. The first-order valence-corrected chi connectivity index (χ1v) is 6.38. The van der Waals surface area contributed by atoms with Crippen LogP contribution in [0.5, 0.6) is 0 Å². The molecule has 2 N–H and O–H groups in total. The summed E-state index contributed by atoms with van der Waals surface area (Å²) in [4.78, 5) is 10.7. The Hall–Kier alpha value is -1.08. The summed E-state index contributed by atoms with van der Waals surface area (Å²) in [7, 11) is 0. The largest absolute Gasteiger partial charge is 0.478 e. The van der Waals surface area contributed by atoms with Crippen LogP contribution in [0.2, 0.25) is 0 Å². The van der Waals surface area contributed by atoms with Crippen molar-refractivity contribution in [1.29, 1.82) is 0 Å². The van der Waals surface area contributed by atoms with Gasteiger partial charge >= 0.3 is 12.1 Å². The highest BCUT2D eigenvalue weighted by Crippen LogP contribution is 2.49. The number of hydrogen-bond acceptors (Lipinski definition) is 2. The summed E-state index contributed by atoms with van der Waals surface area (Å²) in [6.07, 6.45) is -4.08. The molecule has 104 valence electrons. The summed E-state index contributed by atoms with van der Waals surface area (Å²) < 4.78 is 38.6. The molecule has 1 aromatic carbocycles. The topological polar surface area (TPSA) is 49.3 Å². The minimum absolute atomic E-state index is 0.0417. The Balaban J connectivity index is 2.07. The van der Waals surface area contributed by atoms with Crippen molar-refractivity contribution in [3.05, 3.63) is 33.8 Å². The molecule has 0 radical (unpaired) electrons. The van der Waals surface area contributed by atoms with Crippen LogP contribution in [0.25, 0.3) is 0 Å². The van der Waals surface area contributed by atoms with Crippen molar-refractivity contribution in [2.75, 3.05) is 0 Å². The van der Waals surface area contributed by atoms with E-state index in [1.807, 2.05) is 0 Å². The highest BCUT2D eigenvalue weighted by Gasteiger charge is 2.62. The number of nitrogens with one attached hydrogen (secondary N) is 1. The molecule has 0 aromatic heterocycles. The van der Waals surface area contributed by atoms with Gasteiger partial charge in [-0.05, 0) is 30.5 Å². The van der Waals surface area contributed by atoms with Crippen LogP contribution in [-0.2, 0) is 6.54 Å². The highest BCUT2D eigenvalue weighted by molar-refractivity contribution is 9.10. The van der Waals surface area contributed by atoms with Crippen LogP contribution in [0.15, 0.2) is 22.7 Å². The molecule has 0 amide bonds. The monoisotopic (exact) mass is 337 g/mol. The number of carboxylic acid groups (broad SMARTS) is 1. The molecule has 0 aliphatic heterocycles. The molecule has 2 rings (SSSR count). The van der Waals surface area contributed by atoms with Gasteiger partial charge in [0.25, 0.3) is 0 Å². The molecule has 7 heteroatoms. The van der Waals surface area contributed by atoms with Crippen LogP contribution in [0.3, 0.4) is 0 Å². The maximum atomic E-state index is 12.7. The van der Waals surface area contributed by atoms with E-state index in [2.05, 4.69) is 21.2 Å². The van der Waals surface area contributed by atoms with Crippen molar-refractivity contribution in [1.82, 2.24) is 5.32 Å². The third kappa shape index (κ3) is 2.92. The van der Waals surface area contributed by atoms with E-state index in [1.165, 1.54) is 18.2 Å². The second-order valence-electron chi connectivity index (χ2n) is 4.54. The van der Waals surface area contributed by atoms with Crippen molar-refractivity contribution in [2.24, 2.45) is 0 Å². The Bertz CT molecular complexity index is 512. The van der Waals surface area contributed by atoms with Gasteiger partial charge in [0.15, 0.2) is 0 Å². The number of hydrogen-bond donors (Lipinski definition) is 2. The van der Waals surface area contributed by atoms with Crippen LogP contribution in [0.4, 0.5) is 13.2 Å². The molecular formula is C12H11BrF3NO2. The smallest absolute Gasteiger partial charge is 0.406 e. The fourth-order valence-electron chi connectivity index (χ4n) is 1.77. The Morgan fingerprint density at radius 3 is 2.47 bits per heavy atom. The molecule has 1 aromatic rings. The molecule has 19 heavy (non-hydrogen) atoms. The molecule has 0 unspecified atom stereocenters. The normalized spacial score (nSPS) is 17.3. The maximum Gasteiger partial charge on any atom is 0.406 e. The minimum atomic E-state index is -4.25. The van der Waals surface area contributed by atoms with Crippen LogP contribution in [-0.4, -0.2) is 22.8 Å². The third-order valence-corrected chi connectivity index (χ3v) is 3.95. The van der Waals surface area contributed by atoms with Crippen LogP contribution >= 0.6 is 15.9 Å². The van der Waals surface area contributed by atoms with E-state index in [4.69, 9.17) is 5.11 Å². The Kier molecular flexibility index (Phi) is 3.61. The van der Waals surface area contributed by atoms with Gasteiger partial charge in [0.05, 0.1) is 5.56 Å². The predicted molar refractivity (Wildman–Crippen MR) is 66.0 cm³/mol. The lowest BCUT2D eigenvalue weighted by molar-refractivity contribution is -0.166. The standard InChI is InChI=1S/C12H11BrF3NO2/c13-9-5-7(10(18)19)1-2-8(9)6-17-11(3-4-11)12(14,15)16/h1-2,5,17H,3-4,6H2,(H,18,19). The number of aromatic carboxylic acids is 1. The van der Waals surface area contributed by atoms with Gasteiger partial charge < -0.3 is 5.11 Å². The minimum Gasteiger partial charge on any atom is -0.478 e. The second-order valence-corrected chi connectivity index (χ2v) is 5.40. The van der Waals surface area contributed by atoms with Crippen LogP contribution < -0.4 is 5.32 Å². The van der Waals surface area contributed by atoms with Crippen molar-refractivity contribution in [3.63, 3.8) is 0 Å². The molecule has 0 bridgehead atoms. The van der Waals surface area contributed by atoms with E-state index >= 15 is 0 Å². The maximum absolute atomic E-state index is 12.7. The third-order valence-electron chi connectivity index (χ3n) is 3.21. The molecule has 1 aliphatic rings. The quantitative estimate of drug-likeness (QED) is 0.885. The zero-order valence-electron chi connectivity index (χ0n) is 9.72. The van der Waals surface area contributed by atoms with Gasteiger partial charge in [0.1, 0.15) is 5.54 Å². The molecule has 3 nitrogen and oxygen atoms in total. The number of alkyl halides is 3.